The van der Waals surface area contributed by atoms with Gasteiger partial charge in [-0.3, -0.25) is 9.78 Å². The van der Waals surface area contributed by atoms with Gasteiger partial charge in [-0.2, -0.15) is 0 Å². The molecular formula is C18H24N6O. The van der Waals surface area contributed by atoms with Crippen molar-refractivity contribution < 1.29 is 4.79 Å². The lowest BCUT2D eigenvalue weighted by atomic mass is 9.91. The molecule has 2 aliphatic carbocycles. The monoisotopic (exact) mass is 340 g/mol. The van der Waals surface area contributed by atoms with Crippen LogP contribution >= 0.6 is 0 Å². The molecule has 7 nitrogen and oxygen atoms in total. The predicted molar refractivity (Wildman–Crippen MR) is 92.9 cm³/mol. The summed E-state index contributed by atoms with van der Waals surface area (Å²) >= 11 is 0. The third-order valence-corrected chi connectivity index (χ3v) is 5.04. The summed E-state index contributed by atoms with van der Waals surface area (Å²) in [6.07, 6.45) is 12.0. The molecule has 0 aromatic carbocycles. The molecule has 0 radical (unpaired) electrons. The van der Waals surface area contributed by atoms with Crippen molar-refractivity contribution in [1.29, 1.82) is 0 Å². The number of pyridine rings is 1. The van der Waals surface area contributed by atoms with Crippen molar-refractivity contribution >= 4 is 5.91 Å². The molecule has 0 bridgehead atoms. The van der Waals surface area contributed by atoms with Crippen molar-refractivity contribution in [3.63, 3.8) is 0 Å². The number of nitrogens with zero attached hydrogens (tertiary/aromatic N) is 4. The van der Waals surface area contributed by atoms with Crippen LogP contribution < -0.4 is 10.6 Å². The van der Waals surface area contributed by atoms with Crippen LogP contribution in [-0.4, -0.2) is 38.0 Å². The van der Waals surface area contributed by atoms with E-state index < -0.39 is 0 Å². The van der Waals surface area contributed by atoms with Gasteiger partial charge in [0.1, 0.15) is 0 Å². The number of amides is 1. The highest BCUT2D eigenvalue weighted by Gasteiger charge is 2.27. The van der Waals surface area contributed by atoms with E-state index in [-0.39, 0.29) is 5.91 Å². The number of hydrogen-bond donors (Lipinski definition) is 2. The Kier molecular flexibility index (Phi) is 4.74. The van der Waals surface area contributed by atoms with Gasteiger partial charge in [-0.25, -0.2) is 4.68 Å². The summed E-state index contributed by atoms with van der Waals surface area (Å²) in [5, 5.41) is 14.8. The molecule has 1 amide bonds. The molecule has 2 aliphatic rings. The topological polar surface area (TPSA) is 84.7 Å². The fourth-order valence-electron chi connectivity index (χ4n) is 3.36. The normalized spacial score (nSPS) is 23.4. The van der Waals surface area contributed by atoms with Crippen LogP contribution in [0.5, 0.6) is 0 Å². The second-order valence-corrected chi connectivity index (χ2v) is 7.08. The lowest BCUT2D eigenvalue weighted by Crippen LogP contribution is -2.33. The summed E-state index contributed by atoms with van der Waals surface area (Å²) < 4.78 is 1.87. The molecule has 7 heteroatoms. The van der Waals surface area contributed by atoms with Crippen molar-refractivity contribution in [2.45, 2.75) is 63.2 Å². The second-order valence-electron chi connectivity index (χ2n) is 7.08. The summed E-state index contributed by atoms with van der Waals surface area (Å²) in [6, 6.07) is 5.27. The Labute approximate surface area is 147 Å². The molecule has 2 aromatic rings. The third kappa shape index (κ3) is 4.22. The Morgan fingerprint density at radius 1 is 1.16 bits per heavy atom. The highest BCUT2D eigenvalue weighted by atomic mass is 16.2. The maximum atomic E-state index is 12.0. The van der Waals surface area contributed by atoms with Gasteiger partial charge in [0.2, 0.25) is 0 Å². The first-order valence-electron chi connectivity index (χ1n) is 9.13. The van der Waals surface area contributed by atoms with Crippen LogP contribution in [0.3, 0.4) is 0 Å². The number of aromatic nitrogens is 4. The average Bonchev–Trinajstić information content (AvgIpc) is 3.33. The molecule has 2 aromatic heterocycles. The van der Waals surface area contributed by atoms with Crippen LogP contribution in [-0.2, 0) is 6.54 Å². The summed E-state index contributed by atoms with van der Waals surface area (Å²) in [6.45, 7) is 0.859. The summed E-state index contributed by atoms with van der Waals surface area (Å²) in [5.74, 6) is -0.0967. The predicted octanol–water partition coefficient (Wildman–Crippen LogP) is 1.84. The van der Waals surface area contributed by atoms with E-state index >= 15 is 0 Å². The molecule has 2 fully saturated rings. The van der Waals surface area contributed by atoms with Crippen LogP contribution in [0.2, 0.25) is 0 Å². The maximum Gasteiger partial charge on any atom is 0.273 e. The Balaban J connectivity index is 1.25. The largest absolute Gasteiger partial charge is 0.348 e. The van der Waals surface area contributed by atoms with Gasteiger partial charge in [0.05, 0.1) is 12.2 Å². The van der Waals surface area contributed by atoms with Crippen LogP contribution in [0.4, 0.5) is 0 Å². The fraction of sp³-hybridized carbons (Fsp3) is 0.556. The van der Waals surface area contributed by atoms with E-state index in [0.29, 0.717) is 23.8 Å². The van der Waals surface area contributed by atoms with Crippen molar-refractivity contribution in [1.82, 2.24) is 30.6 Å². The first-order chi connectivity index (χ1) is 12.3. The molecule has 0 atom stereocenters. The fourth-order valence-corrected chi connectivity index (χ4v) is 3.36. The standard InChI is InChI=1S/C18H24N6O/c25-18(21-15-3-4-15)17-12-24(23-22-17)16-7-5-14(6-8-16)20-11-13-2-1-9-19-10-13/h1-2,9-10,12,14-16,20H,3-8,11H2,(H,21,25). The zero-order chi connectivity index (χ0) is 17.1. The van der Waals surface area contributed by atoms with Crippen LogP contribution in [0.25, 0.3) is 0 Å². The first-order valence-corrected chi connectivity index (χ1v) is 9.13. The molecule has 0 spiro atoms. The molecule has 0 unspecified atom stereocenters. The van der Waals surface area contributed by atoms with Crippen LogP contribution in [0.1, 0.15) is 60.6 Å². The second kappa shape index (κ2) is 7.31. The summed E-state index contributed by atoms with van der Waals surface area (Å²) in [4.78, 5) is 16.2. The minimum Gasteiger partial charge on any atom is -0.348 e. The quantitative estimate of drug-likeness (QED) is 0.838. The van der Waals surface area contributed by atoms with Gasteiger partial charge in [-0.1, -0.05) is 11.3 Å². The van der Waals surface area contributed by atoms with Gasteiger partial charge in [-0.05, 0) is 50.2 Å². The van der Waals surface area contributed by atoms with Crippen LogP contribution in [0.15, 0.2) is 30.7 Å². The average molecular weight is 340 g/mol. The maximum absolute atomic E-state index is 12.0. The molecule has 2 N–H and O–H groups in total. The molecule has 2 saturated carbocycles. The van der Waals surface area contributed by atoms with E-state index in [1.54, 1.807) is 12.4 Å². The lowest BCUT2D eigenvalue weighted by Gasteiger charge is -2.29. The Hall–Kier alpha value is -2.28. The van der Waals surface area contributed by atoms with E-state index in [9.17, 15) is 4.79 Å². The summed E-state index contributed by atoms with van der Waals surface area (Å²) in [5.41, 5.74) is 1.65. The van der Waals surface area contributed by atoms with Gasteiger partial charge in [0.25, 0.3) is 5.91 Å². The van der Waals surface area contributed by atoms with Crippen molar-refractivity contribution in [2.75, 3.05) is 0 Å². The van der Waals surface area contributed by atoms with E-state index in [1.165, 1.54) is 5.56 Å². The number of rotatable bonds is 6. The van der Waals surface area contributed by atoms with E-state index in [0.717, 1.165) is 45.1 Å². The molecular weight excluding hydrogens is 316 g/mol. The first kappa shape index (κ1) is 16.2. The van der Waals surface area contributed by atoms with Crippen molar-refractivity contribution in [3.05, 3.63) is 42.0 Å². The molecule has 132 valence electrons. The Bertz CT molecular complexity index is 703. The highest BCUT2D eigenvalue weighted by Crippen LogP contribution is 2.28. The minimum atomic E-state index is -0.0967. The van der Waals surface area contributed by atoms with Gasteiger partial charge in [-0.15, -0.1) is 5.10 Å². The van der Waals surface area contributed by atoms with Gasteiger partial charge < -0.3 is 10.6 Å². The minimum absolute atomic E-state index is 0.0967. The smallest absolute Gasteiger partial charge is 0.273 e. The van der Waals surface area contributed by atoms with Crippen molar-refractivity contribution in [3.8, 4) is 0 Å². The summed E-state index contributed by atoms with van der Waals surface area (Å²) in [7, 11) is 0. The van der Waals surface area contributed by atoms with Gasteiger partial charge in [0, 0.05) is 31.0 Å². The number of nitrogens with one attached hydrogen (secondary N) is 2. The third-order valence-electron chi connectivity index (χ3n) is 5.04. The highest BCUT2D eigenvalue weighted by molar-refractivity contribution is 5.92. The molecule has 2 heterocycles. The Morgan fingerprint density at radius 3 is 2.68 bits per heavy atom. The number of carbonyl (C=O) groups excluding carboxylic acids is 1. The van der Waals surface area contributed by atoms with Crippen LogP contribution in [0, 0.1) is 0 Å². The lowest BCUT2D eigenvalue weighted by molar-refractivity contribution is 0.0946. The van der Waals surface area contributed by atoms with Crippen molar-refractivity contribution in [2.24, 2.45) is 0 Å². The number of hydrogen-bond acceptors (Lipinski definition) is 5. The SMILES string of the molecule is O=C(NC1CC1)c1cn(C2CCC(NCc3cccnc3)CC2)nn1. The number of carbonyl (C=O) groups is 1. The Morgan fingerprint density at radius 2 is 1.96 bits per heavy atom. The molecule has 0 aliphatic heterocycles. The zero-order valence-corrected chi connectivity index (χ0v) is 14.3. The molecule has 0 saturated heterocycles. The van der Waals surface area contributed by atoms with E-state index in [2.05, 4.69) is 32.0 Å². The van der Waals surface area contributed by atoms with E-state index in [4.69, 9.17) is 0 Å². The molecule has 25 heavy (non-hydrogen) atoms. The zero-order valence-electron chi connectivity index (χ0n) is 14.3. The molecule has 4 rings (SSSR count). The van der Waals surface area contributed by atoms with Gasteiger partial charge >= 0.3 is 0 Å². The van der Waals surface area contributed by atoms with E-state index in [1.807, 2.05) is 16.9 Å². The van der Waals surface area contributed by atoms with Gasteiger partial charge in [0.15, 0.2) is 5.69 Å².